The second kappa shape index (κ2) is 5.24. The summed E-state index contributed by atoms with van der Waals surface area (Å²) in [6.07, 6.45) is 2.13. The largest absolute Gasteiger partial charge is 0.416 e. The highest BCUT2D eigenvalue weighted by molar-refractivity contribution is 7.99. The maximum atomic E-state index is 5.62. The zero-order valence-electron chi connectivity index (χ0n) is 7.99. The van der Waals surface area contributed by atoms with Crippen molar-refractivity contribution in [3.05, 3.63) is 5.89 Å². The molecule has 0 fully saturated rings. The van der Waals surface area contributed by atoms with Gasteiger partial charge in [-0.1, -0.05) is 11.8 Å². The van der Waals surface area contributed by atoms with Gasteiger partial charge in [-0.05, 0) is 19.8 Å². The van der Waals surface area contributed by atoms with Gasteiger partial charge >= 0.3 is 0 Å². The quantitative estimate of drug-likeness (QED) is 0.579. The molecule has 0 aliphatic carbocycles. The minimum atomic E-state index is 0.282. The molecule has 0 bridgehead atoms. The van der Waals surface area contributed by atoms with Crippen LogP contribution >= 0.6 is 11.8 Å². The summed E-state index contributed by atoms with van der Waals surface area (Å²) < 4.78 is 5.20. The Balaban J connectivity index is 2.13. The van der Waals surface area contributed by atoms with Crippen LogP contribution in [0.1, 0.15) is 25.7 Å². The maximum absolute atomic E-state index is 5.62. The van der Waals surface area contributed by atoms with Gasteiger partial charge in [-0.15, -0.1) is 10.2 Å². The van der Waals surface area contributed by atoms with Crippen LogP contribution in [0, 0.1) is 6.92 Å². The maximum Gasteiger partial charge on any atom is 0.276 e. The molecule has 13 heavy (non-hydrogen) atoms. The number of hydrogen-bond acceptors (Lipinski definition) is 5. The highest BCUT2D eigenvalue weighted by Crippen LogP contribution is 2.17. The van der Waals surface area contributed by atoms with E-state index in [2.05, 4.69) is 10.2 Å². The lowest BCUT2D eigenvalue weighted by Crippen LogP contribution is -2.14. The first kappa shape index (κ1) is 10.5. The van der Waals surface area contributed by atoms with Crippen molar-refractivity contribution in [2.24, 2.45) is 5.73 Å². The summed E-state index contributed by atoms with van der Waals surface area (Å²) in [6, 6.07) is 0.282. The number of thioether (sulfide) groups is 1. The monoisotopic (exact) mass is 201 g/mol. The van der Waals surface area contributed by atoms with E-state index in [1.165, 1.54) is 0 Å². The summed E-state index contributed by atoms with van der Waals surface area (Å²) in [7, 11) is 0. The summed E-state index contributed by atoms with van der Waals surface area (Å²) >= 11 is 1.59. The van der Waals surface area contributed by atoms with Crippen molar-refractivity contribution in [1.82, 2.24) is 10.2 Å². The SMILES string of the molecule is Cc1nnc(SCCCC(C)N)o1. The number of nitrogens with two attached hydrogens (primary N) is 1. The number of nitrogens with zero attached hydrogens (tertiary/aromatic N) is 2. The van der Waals surface area contributed by atoms with Gasteiger partial charge in [0.05, 0.1) is 0 Å². The predicted molar refractivity (Wildman–Crippen MR) is 52.6 cm³/mol. The summed E-state index contributed by atoms with van der Waals surface area (Å²) in [6.45, 7) is 3.81. The average molecular weight is 201 g/mol. The molecule has 4 nitrogen and oxygen atoms in total. The van der Waals surface area contributed by atoms with Crippen molar-refractivity contribution in [2.45, 2.75) is 38.0 Å². The minimum absolute atomic E-state index is 0.282. The average Bonchev–Trinajstić information content (AvgIpc) is 2.45. The molecule has 1 atom stereocenters. The molecule has 5 heteroatoms. The van der Waals surface area contributed by atoms with E-state index in [-0.39, 0.29) is 6.04 Å². The van der Waals surface area contributed by atoms with Crippen LogP contribution in [-0.4, -0.2) is 22.0 Å². The fourth-order valence-electron chi connectivity index (χ4n) is 0.902. The van der Waals surface area contributed by atoms with Crippen LogP contribution in [0.15, 0.2) is 9.64 Å². The van der Waals surface area contributed by atoms with E-state index >= 15 is 0 Å². The lowest BCUT2D eigenvalue weighted by Gasteiger charge is -2.01. The predicted octanol–water partition coefficient (Wildman–Crippen LogP) is 1.60. The summed E-state index contributed by atoms with van der Waals surface area (Å²) in [4.78, 5) is 0. The molecule has 0 radical (unpaired) electrons. The van der Waals surface area contributed by atoms with Crippen LogP contribution in [0.4, 0.5) is 0 Å². The number of rotatable bonds is 5. The first-order chi connectivity index (χ1) is 6.18. The molecular weight excluding hydrogens is 186 g/mol. The fourth-order valence-corrected chi connectivity index (χ4v) is 1.67. The number of hydrogen-bond donors (Lipinski definition) is 1. The molecule has 1 rings (SSSR count). The van der Waals surface area contributed by atoms with Gasteiger partial charge in [-0.2, -0.15) is 0 Å². The number of aryl methyl sites for hydroxylation is 1. The minimum Gasteiger partial charge on any atom is -0.416 e. The van der Waals surface area contributed by atoms with Gasteiger partial charge in [-0.3, -0.25) is 0 Å². The molecule has 1 aromatic rings. The van der Waals surface area contributed by atoms with Crippen LogP contribution in [0.3, 0.4) is 0 Å². The molecule has 0 saturated heterocycles. The Labute approximate surface area is 82.3 Å². The van der Waals surface area contributed by atoms with E-state index in [4.69, 9.17) is 10.2 Å². The van der Waals surface area contributed by atoms with Crippen LogP contribution in [-0.2, 0) is 0 Å². The molecule has 0 aromatic carbocycles. The van der Waals surface area contributed by atoms with E-state index in [0.29, 0.717) is 11.1 Å². The molecule has 0 aliphatic heterocycles. The third-order valence-corrected chi connectivity index (χ3v) is 2.44. The molecule has 1 aromatic heterocycles. The molecule has 0 saturated carbocycles. The molecule has 0 spiro atoms. The Morgan fingerprint density at radius 1 is 1.54 bits per heavy atom. The van der Waals surface area contributed by atoms with Crippen LogP contribution in [0.25, 0.3) is 0 Å². The molecule has 74 valence electrons. The van der Waals surface area contributed by atoms with Gasteiger partial charge in [0.2, 0.25) is 5.89 Å². The van der Waals surface area contributed by atoms with Crippen molar-refractivity contribution in [1.29, 1.82) is 0 Å². The van der Waals surface area contributed by atoms with E-state index < -0.39 is 0 Å². The first-order valence-corrected chi connectivity index (χ1v) is 5.35. The third-order valence-electron chi connectivity index (χ3n) is 1.54. The van der Waals surface area contributed by atoms with E-state index in [9.17, 15) is 0 Å². The molecule has 0 aliphatic rings. The van der Waals surface area contributed by atoms with Crippen molar-refractivity contribution in [3.63, 3.8) is 0 Å². The Hall–Kier alpha value is -0.550. The van der Waals surface area contributed by atoms with Gasteiger partial charge in [0, 0.05) is 18.7 Å². The van der Waals surface area contributed by atoms with Crippen LogP contribution < -0.4 is 5.73 Å². The Morgan fingerprint density at radius 2 is 2.31 bits per heavy atom. The van der Waals surface area contributed by atoms with Gasteiger partial charge < -0.3 is 10.2 Å². The highest BCUT2D eigenvalue weighted by atomic mass is 32.2. The van der Waals surface area contributed by atoms with Crippen LogP contribution in [0.5, 0.6) is 0 Å². The van der Waals surface area contributed by atoms with Crippen molar-refractivity contribution >= 4 is 11.8 Å². The molecule has 1 heterocycles. The Kier molecular flexibility index (Phi) is 4.24. The van der Waals surface area contributed by atoms with Gasteiger partial charge in [0.25, 0.3) is 5.22 Å². The van der Waals surface area contributed by atoms with Crippen molar-refractivity contribution in [2.75, 3.05) is 5.75 Å². The lowest BCUT2D eigenvalue weighted by molar-refractivity contribution is 0.429. The smallest absolute Gasteiger partial charge is 0.276 e. The zero-order chi connectivity index (χ0) is 9.68. The van der Waals surface area contributed by atoms with E-state index in [0.717, 1.165) is 18.6 Å². The van der Waals surface area contributed by atoms with Gasteiger partial charge in [0.15, 0.2) is 0 Å². The molecule has 1 unspecified atom stereocenters. The summed E-state index contributed by atoms with van der Waals surface area (Å²) in [5.74, 6) is 1.61. The van der Waals surface area contributed by atoms with Crippen LogP contribution in [0.2, 0.25) is 0 Å². The normalized spacial score (nSPS) is 13.2. The van der Waals surface area contributed by atoms with Crippen molar-refractivity contribution in [3.8, 4) is 0 Å². The van der Waals surface area contributed by atoms with Gasteiger partial charge in [0.1, 0.15) is 0 Å². The van der Waals surface area contributed by atoms with Crippen molar-refractivity contribution < 1.29 is 4.42 Å². The second-order valence-electron chi connectivity index (χ2n) is 3.05. The topological polar surface area (TPSA) is 64.9 Å². The number of aromatic nitrogens is 2. The lowest BCUT2D eigenvalue weighted by atomic mass is 10.2. The van der Waals surface area contributed by atoms with E-state index in [1.807, 2.05) is 6.92 Å². The second-order valence-corrected chi connectivity index (χ2v) is 4.10. The molecular formula is C8H15N3OS. The fraction of sp³-hybridized carbons (Fsp3) is 0.750. The highest BCUT2D eigenvalue weighted by Gasteiger charge is 2.02. The summed E-state index contributed by atoms with van der Waals surface area (Å²) in [5, 5.41) is 8.27. The zero-order valence-corrected chi connectivity index (χ0v) is 8.80. The Morgan fingerprint density at radius 3 is 2.85 bits per heavy atom. The first-order valence-electron chi connectivity index (χ1n) is 4.37. The van der Waals surface area contributed by atoms with Gasteiger partial charge in [-0.25, -0.2) is 0 Å². The standard InChI is InChI=1S/C8H15N3OS/c1-6(9)4-3-5-13-8-11-10-7(2)12-8/h6H,3-5,9H2,1-2H3. The van der Waals surface area contributed by atoms with E-state index in [1.54, 1.807) is 18.7 Å². The molecule has 2 N–H and O–H groups in total. The third kappa shape index (κ3) is 4.28. The Bertz CT molecular complexity index is 249. The summed E-state index contributed by atoms with van der Waals surface area (Å²) in [5.41, 5.74) is 5.62. The molecule has 0 amide bonds.